The van der Waals surface area contributed by atoms with Crippen LogP contribution in [-0.2, 0) is 38.0 Å². The zero-order valence-electron chi connectivity index (χ0n) is 19.7. The predicted octanol–water partition coefficient (Wildman–Crippen LogP) is 2.36. The van der Waals surface area contributed by atoms with E-state index in [1.54, 1.807) is 18.2 Å². The number of allylic oxidation sites excluding steroid dienone is 3. The molecule has 4 unspecified atom stereocenters. The van der Waals surface area contributed by atoms with Gasteiger partial charge in [0.1, 0.15) is 0 Å². The molecule has 0 N–H and O–H groups in total. The number of rotatable bonds is 9. The third-order valence-electron chi connectivity index (χ3n) is 7.31. The second-order valence-electron chi connectivity index (χ2n) is 8.10. The summed E-state index contributed by atoms with van der Waals surface area (Å²) in [5, 5.41) is 0. The summed E-state index contributed by atoms with van der Waals surface area (Å²) < 4.78 is 34.8. The van der Waals surface area contributed by atoms with Crippen molar-refractivity contribution in [3.05, 3.63) is 48.3 Å². The molecule has 0 aromatic heterocycles. The lowest BCUT2D eigenvalue weighted by molar-refractivity contribution is -0.329. The van der Waals surface area contributed by atoms with Gasteiger partial charge in [0.25, 0.3) is 5.78 Å². The Morgan fingerprint density at radius 3 is 1.97 bits per heavy atom. The van der Waals surface area contributed by atoms with Crippen molar-refractivity contribution in [2.75, 3.05) is 42.7 Å². The summed E-state index contributed by atoms with van der Waals surface area (Å²) in [6.07, 6.45) is 9.09. The molecule has 0 spiro atoms. The van der Waals surface area contributed by atoms with Crippen molar-refractivity contribution in [1.82, 2.24) is 0 Å². The van der Waals surface area contributed by atoms with Crippen LogP contribution in [0.15, 0.2) is 48.3 Å². The van der Waals surface area contributed by atoms with Gasteiger partial charge in [-0.1, -0.05) is 18.2 Å². The van der Waals surface area contributed by atoms with Gasteiger partial charge in [0.15, 0.2) is 11.4 Å². The van der Waals surface area contributed by atoms with Crippen molar-refractivity contribution in [3.8, 4) is 0 Å². The van der Waals surface area contributed by atoms with Crippen molar-refractivity contribution in [2.24, 2.45) is 17.3 Å². The molecule has 1 fully saturated rings. The van der Waals surface area contributed by atoms with Crippen LogP contribution in [0.5, 0.6) is 0 Å². The molecule has 2 bridgehead atoms. The second-order valence-corrected chi connectivity index (χ2v) is 8.10. The molecule has 4 rings (SSSR count). The standard InChI is InChI=1S/C24H32O8/c1-9-11-15-13-22(28-4)20(26)23(29-5,30-6)17(15)18-21(22,12-10-2)14-16(27-3)19(25)24(18,31-7)32-8/h9-11,13-14,17-18H,2,12H2,1,3-8H3/b11-9-. The van der Waals surface area contributed by atoms with Crippen LogP contribution in [0.3, 0.4) is 0 Å². The van der Waals surface area contributed by atoms with Gasteiger partial charge in [0, 0.05) is 46.9 Å². The van der Waals surface area contributed by atoms with Crippen LogP contribution in [0.1, 0.15) is 13.3 Å². The lowest BCUT2D eigenvalue weighted by atomic mass is 9.41. The fraction of sp³-hybridized carbons (Fsp3) is 0.583. The van der Waals surface area contributed by atoms with E-state index in [0.29, 0.717) is 5.57 Å². The fourth-order valence-electron chi connectivity index (χ4n) is 6.12. The smallest absolute Gasteiger partial charge is 0.256 e. The number of carbonyl (C=O) groups excluding carboxylic acids is 2. The van der Waals surface area contributed by atoms with Crippen LogP contribution in [-0.4, -0.2) is 71.4 Å². The number of hydrogen-bond acceptors (Lipinski definition) is 8. The minimum Gasteiger partial charge on any atom is -0.493 e. The Labute approximate surface area is 188 Å². The molecule has 0 saturated heterocycles. The summed E-state index contributed by atoms with van der Waals surface area (Å²) in [5.41, 5.74) is -2.01. The summed E-state index contributed by atoms with van der Waals surface area (Å²) in [4.78, 5) is 27.8. The first-order valence-electron chi connectivity index (χ1n) is 10.3. The highest BCUT2D eigenvalue weighted by Gasteiger charge is 2.82. The van der Waals surface area contributed by atoms with E-state index in [1.807, 2.05) is 19.1 Å². The van der Waals surface area contributed by atoms with Crippen LogP contribution in [0.2, 0.25) is 0 Å². The molecule has 1 saturated carbocycles. The average molecular weight is 449 g/mol. The Morgan fingerprint density at radius 1 is 0.938 bits per heavy atom. The molecule has 0 heterocycles. The number of methoxy groups -OCH3 is 6. The van der Waals surface area contributed by atoms with Gasteiger partial charge in [-0.3, -0.25) is 9.59 Å². The van der Waals surface area contributed by atoms with E-state index in [4.69, 9.17) is 28.4 Å². The molecule has 32 heavy (non-hydrogen) atoms. The van der Waals surface area contributed by atoms with Gasteiger partial charge in [-0.15, -0.1) is 6.58 Å². The van der Waals surface area contributed by atoms with Crippen LogP contribution < -0.4 is 0 Å². The maximum absolute atomic E-state index is 14.2. The van der Waals surface area contributed by atoms with Gasteiger partial charge in [-0.05, 0) is 31.1 Å². The molecular weight excluding hydrogens is 416 g/mol. The molecule has 0 amide bonds. The van der Waals surface area contributed by atoms with E-state index in [9.17, 15) is 9.59 Å². The minimum absolute atomic E-state index is 0.0185. The molecule has 0 aliphatic heterocycles. The molecule has 4 aliphatic rings. The highest BCUT2D eigenvalue weighted by molar-refractivity contribution is 6.05. The van der Waals surface area contributed by atoms with Crippen LogP contribution in [0.25, 0.3) is 0 Å². The number of Topliss-reactive ketones (excluding diaryl/α,β-unsaturated/α-hetero) is 2. The predicted molar refractivity (Wildman–Crippen MR) is 115 cm³/mol. The Balaban J connectivity index is 2.59. The zero-order valence-corrected chi connectivity index (χ0v) is 19.7. The third-order valence-corrected chi connectivity index (χ3v) is 7.31. The maximum atomic E-state index is 14.2. The number of hydrogen-bond donors (Lipinski definition) is 0. The lowest BCUT2D eigenvalue weighted by Gasteiger charge is -2.67. The number of carbonyl (C=O) groups is 2. The topological polar surface area (TPSA) is 89.5 Å². The molecule has 8 nitrogen and oxygen atoms in total. The van der Waals surface area contributed by atoms with E-state index in [0.717, 1.165) is 0 Å². The van der Waals surface area contributed by atoms with Gasteiger partial charge >= 0.3 is 0 Å². The van der Waals surface area contributed by atoms with E-state index in [2.05, 4.69) is 6.58 Å². The molecule has 0 aromatic carbocycles. The Hall–Kier alpha value is -2.10. The highest BCUT2D eigenvalue weighted by atomic mass is 16.7. The molecule has 4 aliphatic carbocycles. The first kappa shape index (κ1) is 24.5. The van der Waals surface area contributed by atoms with Gasteiger partial charge in [-0.25, -0.2) is 0 Å². The van der Waals surface area contributed by atoms with Gasteiger partial charge in [0.05, 0.1) is 13.0 Å². The Bertz CT molecular complexity index is 892. The molecule has 0 radical (unpaired) electrons. The first-order valence-corrected chi connectivity index (χ1v) is 10.3. The van der Waals surface area contributed by atoms with Gasteiger partial charge in [0.2, 0.25) is 17.4 Å². The maximum Gasteiger partial charge on any atom is 0.256 e. The molecular formula is C24H32O8. The summed E-state index contributed by atoms with van der Waals surface area (Å²) in [6.45, 7) is 5.77. The molecule has 4 atom stereocenters. The quantitative estimate of drug-likeness (QED) is 0.392. The second kappa shape index (κ2) is 8.35. The highest BCUT2D eigenvalue weighted by Crippen LogP contribution is 2.68. The lowest BCUT2D eigenvalue weighted by Crippen LogP contribution is -2.81. The van der Waals surface area contributed by atoms with Crippen molar-refractivity contribution in [2.45, 2.75) is 30.5 Å². The summed E-state index contributed by atoms with van der Waals surface area (Å²) in [7, 11) is 8.42. The monoisotopic (exact) mass is 448 g/mol. The van der Waals surface area contributed by atoms with Gasteiger partial charge in [-0.2, -0.15) is 0 Å². The largest absolute Gasteiger partial charge is 0.493 e. The normalized spacial score (nSPS) is 34.8. The van der Waals surface area contributed by atoms with Crippen molar-refractivity contribution < 1.29 is 38.0 Å². The van der Waals surface area contributed by atoms with E-state index in [1.165, 1.54) is 42.7 Å². The van der Waals surface area contributed by atoms with Crippen LogP contribution >= 0.6 is 0 Å². The summed E-state index contributed by atoms with van der Waals surface area (Å²) in [5.74, 6) is -6.00. The molecule has 176 valence electrons. The number of fused-ring (bicyclic) bond motifs is 1. The van der Waals surface area contributed by atoms with E-state index >= 15 is 0 Å². The zero-order chi connectivity index (χ0) is 23.9. The molecule has 8 heteroatoms. The summed E-state index contributed by atoms with van der Waals surface area (Å²) in [6, 6.07) is 0. The Morgan fingerprint density at radius 2 is 1.53 bits per heavy atom. The Kier molecular flexibility index (Phi) is 6.40. The third kappa shape index (κ3) is 2.55. The van der Waals surface area contributed by atoms with Crippen molar-refractivity contribution in [3.63, 3.8) is 0 Å². The number of ether oxygens (including phenoxy) is 6. The SMILES string of the molecule is C=CCC12C=C(OC)C(=O)C(OC)(OC)C1C1C(/C=C\C)=CC2(OC)C(=O)C1(OC)OC. The van der Waals surface area contributed by atoms with Crippen molar-refractivity contribution in [1.29, 1.82) is 0 Å². The van der Waals surface area contributed by atoms with Gasteiger partial charge < -0.3 is 28.4 Å². The summed E-state index contributed by atoms with van der Waals surface area (Å²) >= 11 is 0. The van der Waals surface area contributed by atoms with E-state index < -0.39 is 46.0 Å². The van der Waals surface area contributed by atoms with E-state index in [-0.39, 0.29) is 12.2 Å². The minimum atomic E-state index is -1.80. The number of ketones is 2. The first-order chi connectivity index (χ1) is 15.3. The molecule has 0 aromatic rings. The van der Waals surface area contributed by atoms with Crippen LogP contribution in [0, 0.1) is 17.3 Å². The van der Waals surface area contributed by atoms with Crippen LogP contribution in [0.4, 0.5) is 0 Å². The average Bonchev–Trinajstić information content (AvgIpc) is 2.81. The van der Waals surface area contributed by atoms with Crippen molar-refractivity contribution >= 4 is 11.6 Å². The fourth-order valence-corrected chi connectivity index (χ4v) is 6.12.